The summed E-state index contributed by atoms with van der Waals surface area (Å²) in [6, 6.07) is 4.38. The number of thiophene rings is 1. The molecule has 0 spiro atoms. The first-order valence-corrected chi connectivity index (χ1v) is 6.40. The fourth-order valence-corrected chi connectivity index (χ4v) is 2.71. The first-order chi connectivity index (χ1) is 7.77. The number of hydrogen-bond donors (Lipinski definition) is 0. The minimum absolute atomic E-state index is 0.0379. The van der Waals surface area contributed by atoms with E-state index in [9.17, 15) is 4.79 Å². The van der Waals surface area contributed by atoms with Crippen molar-refractivity contribution in [1.82, 2.24) is 4.90 Å². The van der Waals surface area contributed by atoms with Crippen LogP contribution in [0.25, 0.3) is 0 Å². The number of amides is 1. The predicted octanol–water partition coefficient (Wildman–Crippen LogP) is 2.44. The number of nitriles is 1. The topological polar surface area (TPSA) is 44.1 Å². The summed E-state index contributed by atoms with van der Waals surface area (Å²) in [5, 5.41) is 10.7. The van der Waals surface area contributed by atoms with Gasteiger partial charge in [0.25, 0.3) is 5.91 Å². The van der Waals surface area contributed by atoms with Gasteiger partial charge in [0, 0.05) is 6.04 Å². The summed E-state index contributed by atoms with van der Waals surface area (Å²) in [7, 11) is 0. The molecule has 0 radical (unpaired) electrons. The molecule has 0 unspecified atom stereocenters. The van der Waals surface area contributed by atoms with E-state index in [0.717, 1.165) is 29.7 Å². The van der Waals surface area contributed by atoms with Crippen molar-refractivity contribution in [3.63, 3.8) is 0 Å². The number of nitrogens with zero attached hydrogens (tertiary/aromatic N) is 2. The SMILES string of the molecule is CCc1ccsc1C(=O)N(CC#N)C1CC1. The highest BCUT2D eigenvalue weighted by Crippen LogP contribution is 2.30. The molecule has 0 aliphatic heterocycles. The largest absolute Gasteiger partial charge is 0.322 e. The van der Waals surface area contributed by atoms with Crippen LogP contribution < -0.4 is 0 Å². The number of carbonyl (C=O) groups is 1. The zero-order valence-corrected chi connectivity index (χ0v) is 10.1. The molecule has 1 heterocycles. The third kappa shape index (κ3) is 2.10. The molecule has 0 saturated heterocycles. The van der Waals surface area contributed by atoms with Crippen LogP contribution in [0.15, 0.2) is 11.4 Å². The number of hydrogen-bond acceptors (Lipinski definition) is 3. The fraction of sp³-hybridized carbons (Fsp3) is 0.500. The van der Waals surface area contributed by atoms with Crippen LogP contribution >= 0.6 is 11.3 Å². The minimum Gasteiger partial charge on any atom is -0.322 e. The summed E-state index contributed by atoms with van der Waals surface area (Å²) in [5.41, 5.74) is 1.10. The Bertz CT molecular complexity index is 428. The molecule has 1 amide bonds. The van der Waals surface area contributed by atoms with Gasteiger partial charge in [0.2, 0.25) is 0 Å². The molecule has 3 nitrogen and oxygen atoms in total. The second kappa shape index (κ2) is 4.67. The molecule has 0 aromatic carbocycles. The molecule has 1 saturated carbocycles. The first-order valence-electron chi connectivity index (χ1n) is 5.52. The Balaban J connectivity index is 2.19. The van der Waals surface area contributed by atoms with Crippen molar-refractivity contribution in [3.8, 4) is 6.07 Å². The second-order valence-corrected chi connectivity index (χ2v) is 4.87. The molecule has 1 fully saturated rings. The standard InChI is InChI=1S/C12H14N2OS/c1-2-9-5-8-16-11(9)12(15)14(7-6-13)10-3-4-10/h5,8,10H,2-4,7H2,1H3. The highest BCUT2D eigenvalue weighted by Gasteiger charge is 2.33. The van der Waals surface area contributed by atoms with Gasteiger partial charge in [-0.2, -0.15) is 5.26 Å². The van der Waals surface area contributed by atoms with Crippen LogP contribution in [-0.2, 0) is 6.42 Å². The summed E-state index contributed by atoms with van der Waals surface area (Å²) in [4.78, 5) is 14.8. The Hall–Kier alpha value is -1.34. The Morgan fingerprint density at radius 3 is 3.00 bits per heavy atom. The van der Waals surface area contributed by atoms with E-state index in [0.29, 0.717) is 6.04 Å². The van der Waals surface area contributed by atoms with E-state index in [-0.39, 0.29) is 12.5 Å². The van der Waals surface area contributed by atoms with Gasteiger partial charge >= 0.3 is 0 Å². The van der Waals surface area contributed by atoms with Crippen LogP contribution in [0.4, 0.5) is 0 Å². The van der Waals surface area contributed by atoms with Crippen molar-refractivity contribution < 1.29 is 4.79 Å². The quantitative estimate of drug-likeness (QED) is 0.751. The van der Waals surface area contributed by atoms with Crippen LogP contribution in [0.3, 0.4) is 0 Å². The monoisotopic (exact) mass is 234 g/mol. The van der Waals surface area contributed by atoms with E-state index in [1.54, 1.807) is 4.90 Å². The normalized spacial score (nSPS) is 14.5. The van der Waals surface area contributed by atoms with E-state index in [1.807, 2.05) is 18.4 Å². The highest BCUT2D eigenvalue weighted by atomic mass is 32.1. The van der Waals surface area contributed by atoms with E-state index in [2.05, 4.69) is 6.07 Å². The van der Waals surface area contributed by atoms with Gasteiger partial charge in [-0.1, -0.05) is 6.92 Å². The van der Waals surface area contributed by atoms with E-state index >= 15 is 0 Å². The van der Waals surface area contributed by atoms with Crippen molar-refractivity contribution in [1.29, 1.82) is 5.26 Å². The van der Waals surface area contributed by atoms with Crippen molar-refractivity contribution in [2.24, 2.45) is 0 Å². The molecule has 0 N–H and O–H groups in total. The molecule has 4 heteroatoms. The van der Waals surface area contributed by atoms with Crippen LogP contribution in [0.5, 0.6) is 0 Å². The molecule has 1 aliphatic rings. The first kappa shape index (κ1) is 11.2. The van der Waals surface area contributed by atoms with Crippen molar-refractivity contribution in [2.75, 3.05) is 6.54 Å². The smallest absolute Gasteiger partial charge is 0.265 e. The summed E-state index contributed by atoms with van der Waals surface area (Å²) in [6.07, 6.45) is 2.95. The maximum atomic E-state index is 12.2. The summed E-state index contributed by atoms with van der Waals surface area (Å²) < 4.78 is 0. The van der Waals surface area contributed by atoms with Crippen LogP contribution in [0.2, 0.25) is 0 Å². The Morgan fingerprint density at radius 1 is 1.69 bits per heavy atom. The lowest BCUT2D eigenvalue weighted by Crippen LogP contribution is -2.33. The van der Waals surface area contributed by atoms with E-state index in [4.69, 9.17) is 5.26 Å². The molecular formula is C12H14N2OS. The maximum Gasteiger partial charge on any atom is 0.265 e. The molecular weight excluding hydrogens is 220 g/mol. The molecule has 16 heavy (non-hydrogen) atoms. The van der Waals surface area contributed by atoms with Gasteiger partial charge in [-0.3, -0.25) is 4.79 Å². The van der Waals surface area contributed by atoms with Crippen molar-refractivity contribution in [3.05, 3.63) is 21.9 Å². The molecule has 0 atom stereocenters. The van der Waals surface area contributed by atoms with Gasteiger partial charge in [-0.25, -0.2) is 0 Å². The second-order valence-electron chi connectivity index (χ2n) is 3.95. The van der Waals surface area contributed by atoms with Gasteiger partial charge in [-0.15, -0.1) is 11.3 Å². The number of aryl methyl sites for hydroxylation is 1. The van der Waals surface area contributed by atoms with E-state index < -0.39 is 0 Å². The number of carbonyl (C=O) groups excluding carboxylic acids is 1. The van der Waals surface area contributed by atoms with Crippen molar-refractivity contribution >= 4 is 17.2 Å². The third-order valence-corrected chi connectivity index (χ3v) is 3.76. The van der Waals surface area contributed by atoms with Crippen LogP contribution in [0, 0.1) is 11.3 Å². The van der Waals surface area contributed by atoms with Crippen LogP contribution in [-0.4, -0.2) is 23.4 Å². The summed E-state index contributed by atoms with van der Waals surface area (Å²) in [6.45, 7) is 2.26. The average Bonchev–Trinajstić information content (AvgIpc) is 3.01. The lowest BCUT2D eigenvalue weighted by molar-refractivity contribution is 0.0769. The fourth-order valence-electron chi connectivity index (χ4n) is 1.76. The molecule has 1 aromatic rings. The van der Waals surface area contributed by atoms with Gasteiger partial charge < -0.3 is 4.90 Å². The van der Waals surface area contributed by atoms with Gasteiger partial charge in [0.1, 0.15) is 6.54 Å². The summed E-state index contributed by atoms with van der Waals surface area (Å²) >= 11 is 1.48. The molecule has 1 aliphatic carbocycles. The summed E-state index contributed by atoms with van der Waals surface area (Å²) in [5.74, 6) is 0.0379. The van der Waals surface area contributed by atoms with Crippen LogP contribution in [0.1, 0.15) is 35.0 Å². The lowest BCUT2D eigenvalue weighted by atomic mass is 10.2. The molecule has 2 rings (SSSR count). The van der Waals surface area contributed by atoms with Gasteiger partial charge in [0.15, 0.2) is 0 Å². The minimum atomic E-state index is 0.0379. The van der Waals surface area contributed by atoms with E-state index in [1.165, 1.54) is 11.3 Å². The van der Waals surface area contributed by atoms with Gasteiger partial charge in [-0.05, 0) is 36.3 Å². The number of rotatable bonds is 4. The average molecular weight is 234 g/mol. The Labute approximate surface area is 99.3 Å². The zero-order chi connectivity index (χ0) is 11.5. The molecule has 1 aromatic heterocycles. The third-order valence-electron chi connectivity index (χ3n) is 2.81. The van der Waals surface area contributed by atoms with Crippen molar-refractivity contribution in [2.45, 2.75) is 32.2 Å². The molecule has 0 bridgehead atoms. The Morgan fingerprint density at radius 2 is 2.44 bits per heavy atom. The maximum absolute atomic E-state index is 12.2. The predicted molar refractivity (Wildman–Crippen MR) is 63.4 cm³/mol. The Kier molecular flexibility index (Phi) is 3.25. The molecule has 84 valence electrons. The lowest BCUT2D eigenvalue weighted by Gasteiger charge is -2.18. The van der Waals surface area contributed by atoms with Gasteiger partial charge in [0.05, 0.1) is 10.9 Å². The zero-order valence-electron chi connectivity index (χ0n) is 9.27. The highest BCUT2D eigenvalue weighted by molar-refractivity contribution is 7.12.